The Morgan fingerprint density at radius 2 is 1.65 bits per heavy atom. The van der Waals surface area contributed by atoms with E-state index in [1.165, 1.54) is 0 Å². The van der Waals surface area contributed by atoms with Crippen LogP contribution >= 0.6 is 0 Å². The molecule has 2 saturated heterocycles. The van der Waals surface area contributed by atoms with Gasteiger partial charge in [0.1, 0.15) is 0 Å². The molecule has 26 heavy (non-hydrogen) atoms. The van der Waals surface area contributed by atoms with Gasteiger partial charge in [-0.3, -0.25) is 4.90 Å². The first-order chi connectivity index (χ1) is 12.5. The van der Waals surface area contributed by atoms with Crippen LogP contribution in [0.3, 0.4) is 0 Å². The molecule has 0 N–H and O–H groups in total. The monoisotopic (exact) mass is 368 g/mol. The molecule has 0 radical (unpaired) electrons. The number of carbonyl (C=O) groups is 1. The van der Waals surface area contributed by atoms with Gasteiger partial charge in [0.2, 0.25) is 0 Å². The Bertz CT molecular complexity index is 939. The summed E-state index contributed by atoms with van der Waals surface area (Å²) in [7, 11) is -3.15. The molecule has 2 aliphatic rings. The number of para-hydroxylation sites is 1. The van der Waals surface area contributed by atoms with E-state index >= 15 is 0 Å². The fraction of sp³-hybridized carbons (Fsp3) is 0.250. The second-order valence-electron chi connectivity index (χ2n) is 6.77. The van der Waals surface area contributed by atoms with E-state index in [2.05, 4.69) is 6.58 Å². The number of sulfone groups is 1. The molecule has 0 aromatic heterocycles. The lowest BCUT2D eigenvalue weighted by Crippen LogP contribution is -2.37. The largest absolute Gasteiger partial charge is 0.325 e. The van der Waals surface area contributed by atoms with Gasteiger partial charge in [-0.15, -0.1) is 0 Å². The van der Waals surface area contributed by atoms with E-state index in [4.69, 9.17) is 0 Å². The zero-order chi connectivity index (χ0) is 18.3. The summed E-state index contributed by atoms with van der Waals surface area (Å²) < 4.78 is 24.5. The summed E-state index contributed by atoms with van der Waals surface area (Å²) in [6.45, 7) is 4.14. The Balaban J connectivity index is 1.67. The zero-order valence-electron chi connectivity index (χ0n) is 14.3. The van der Waals surface area contributed by atoms with Gasteiger partial charge >= 0.3 is 6.03 Å². The Hall–Kier alpha value is -2.60. The van der Waals surface area contributed by atoms with E-state index < -0.39 is 9.84 Å². The number of urea groups is 1. The minimum Gasteiger partial charge on any atom is -0.314 e. The molecule has 2 fully saturated rings. The number of benzene rings is 2. The molecular formula is C20H20N2O3S. The van der Waals surface area contributed by atoms with Crippen molar-refractivity contribution in [2.45, 2.75) is 18.6 Å². The summed E-state index contributed by atoms with van der Waals surface area (Å²) in [6.07, 6.45) is 1.77. The third kappa shape index (κ3) is 2.90. The molecule has 5 nitrogen and oxygen atoms in total. The Labute approximate surface area is 153 Å². The van der Waals surface area contributed by atoms with Gasteiger partial charge in [-0.05, 0) is 23.3 Å². The van der Waals surface area contributed by atoms with Crippen LogP contribution in [-0.2, 0) is 16.4 Å². The molecular weight excluding hydrogens is 348 g/mol. The molecule has 134 valence electrons. The summed E-state index contributed by atoms with van der Waals surface area (Å²) in [5, 5.41) is 0. The first kappa shape index (κ1) is 16.8. The van der Waals surface area contributed by atoms with Gasteiger partial charge in [0.25, 0.3) is 0 Å². The summed E-state index contributed by atoms with van der Waals surface area (Å²) >= 11 is 0. The highest BCUT2D eigenvalue weighted by molar-refractivity contribution is 7.91. The molecule has 2 aromatic rings. The minimum absolute atomic E-state index is 0.0181. The minimum atomic E-state index is -3.15. The summed E-state index contributed by atoms with van der Waals surface area (Å²) in [6, 6.07) is 16.3. The van der Waals surface area contributed by atoms with Crippen molar-refractivity contribution in [2.24, 2.45) is 0 Å². The van der Waals surface area contributed by atoms with Gasteiger partial charge in [-0.25, -0.2) is 13.2 Å². The van der Waals surface area contributed by atoms with Crippen LogP contribution in [0.15, 0.2) is 61.2 Å². The second-order valence-corrected chi connectivity index (χ2v) is 8.93. The number of hydrogen-bond donors (Lipinski definition) is 0. The Kier molecular flexibility index (Phi) is 4.07. The van der Waals surface area contributed by atoms with E-state index in [-0.39, 0.29) is 29.6 Å². The molecule has 0 bridgehead atoms. The maximum absolute atomic E-state index is 13.1. The average Bonchev–Trinajstić information content (AvgIpc) is 3.07. The molecule has 6 heteroatoms. The first-order valence-corrected chi connectivity index (χ1v) is 10.4. The van der Waals surface area contributed by atoms with Crippen molar-refractivity contribution in [1.29, 1.82) is 0 Å². The van der Waals surface area contributed by atoms with Crippen LogP contribution < -0.4 is 4.90 Å². The van der Waals surface area contributed by atoms with Crippen LogP contribution in [0.1, 0.15) is 11.1 Å². The molecule has 4 rings (SSSR count). The molecule has 2 heterocycles. The number of anilines is 1. The maximum atomic E-state index is 13.1. The average molecular weight is 368 g/mol. The smallest absolute Gasteiger partial charge is 0.314 e. The number of hydrogen-bond acceptors (Lipinski definition) is 3. The summed E-state index contributed by atoms with van der Waals surface area (Å²) in [4.78, 5) is 16.4. The highest BCUT2D eigenvalue weighted by Gasteiger charge is 2.53. The summed E-state index contributed by atoms with van der Waals surface area (Å²) in [5.41, 5.74) is 2.73. The van der Waals surface area contributed by atoms with Crippen LogP contribution in [0.5, 0.6) is 0 Å². The third-order valence-electron chi connectivity index (χ3n) is 5.08. The number of carbonyl (C=O) groups excluding carboxylic acids is 1. The van der Waals surface area contributed by atoms with Crippen molar-refractivity contribution in [2.75, 3.05) is 16.4 Å². The van der Waals surface area contributed by atoms with Gasteiger partial charge in [0.05, 0.1) is 23.6 Å². The Morgan fingerprint density at radius 3 is 2.31 bits per heavy atom. The molecule has 0 saturated carbocycles. The van der Waals surface area contributed by atoms with Gasteiger partial charge in [-0.2, -0.15) is 0 Å². The normalized spacial score (nSPS) is 23.9. The number of nitrogens with zero attached hydrogens (tertiary/aromatic N) is 2. The summed E-state index contributed by atoms with van der Waals surface area (Å²) in [5.74, 6) is 0.0433. The zero-order valence-corrected chi connectivity index (χ0v) is 15.1. The molecule has 0 unspecified atom stereocenters. The van der Waals surface area contributed by atoms with Crippen LogP contribution in [0.2, 0.25) is 0 Å². The predicted octanol–water partition coefficient (Wildman–Crippen LogP) is 2.94. The van der Waals surface area contributed by atoms with Crippen LogP contribution in [-0.4, -0.2) is 42.9 Å². The standard InChI is InChI=1S/C20H20N2O3S/c1-2-15-8-10-16(11-9-15)12-21-18-13-26(24,25)14-19(18)22(20(21)23)17-6-4-3-5-7-17/h2-11,18-19H,1,12-14H2/t18-,19-/m0/s1. The van der Waals surface area contributed by atoms with Gasteiger partial charge in [0.15, 0.2) is 9.84 Å². The first-order valence-electron chi connectivity index (χ1n) is 8.55. The van der Waals surface area contributed by atoms with Gasteiger partial charge in [-0.1, -0.05) is 55.1 Å². The molecule has 2 aliphatic heterocycles. The van der Waals surface area contributed by atoms with Crippen molar-refractivity contribution >= 4 is 27.6 Å². The lowest BCUT2D eigenvalue weighted by Gasteiger charge is -2.22. The number of rotatable bonds is 4. The van der Waals surface area contributed by atoms with E-state index in [0.29, 0.717) is 6.54 Å². The SMILES string of the molecule is C=Cc1ccc(CN2C(=O)N(c3ccccc3)[C@H]3CS(=O)(=O)C[C@@H]32)cc1. The van der Waals surface area contributed by atoms with E-state index in [0.717, 1.165) is 16.8 Å². The topological polar surface area (TPSA) is 57.7 Å². The second kappa shape index (κ2) is 6.29. The van der Waals surface area contributed by atoms with Gasteiger partial charge < -0.3 is 4.90 Å². The number of fused-ring (bicyclic) bond motifs is 1. The van der Waals surface area contributed by atoms with Gasteiger partial charge in [0, 0.05) is 12.2 Å². The molecule has 2 atom stereocenters. The third-order valence-corrected chi connectivity index (χ3v) is 6.78. The highest BCUT2D eigenvalue weighted by Crippen LogP contribution is 2.35. The van der Waals surface area contributed by atoms with Crippen LogP contribution in [0, 0.1) is 0 Å². The lowest BCUT2D eigenvalue weighted by molar-refractivity contribution is 0.206. The quantitative estimate of drug-likeness (QED) is 0.780. The molecule has 2 amide bonds. The fourth-order valence-electron chi connectivity index (χ4n) is 3.81. The van der Waals surface area contributed by atoms with E-state index in [1.807, 2.05) is 54.6 Å². The molecule has 2 aromatic carbocycles. The van der Waals surface area contributed by atoms with E-state index in [1.54, 1.807) is 15.9 Å². The molecule has 0 aliphatic carbocycles. The molecule has 0 spiro atoms. The van der Waals surface area contributed by atoms with Crippen molar-refractivity contribution in [3.8, 4) is 0 Å². The van der Waals surface area contributed by atoms with Crippen molar-refractivity contribution in [1.82, 2.24) is 4.90 Å². The van der Waals surface area contributed by atoms with Crippen LogP contribution in [0.25, 0.3) is 6.08 Å². The number of amides is 2. The van der Waals surface area contributed by atoms with Crippen molar-refractivity contribution < 1.29 is 13.2 Å². The Morgan fingerprint density at radius 1 is 1.00 bits per heavy atom. The lowest BCUT2D eigenvalue weighted by atomic mass is 10.1. The highest BCUT2D eigenvalue weighted by atomic mass is 32.2. The van der Waals surface area contributed by atoms with Crippen molar-refractivity contribution in [3.63, 3.8) is 0 Å². The maximum Gasteiger partial charge on any atom is 0.325 e. The fourth-order valence-corrected chi connectivity index (χ4v) is 5.76. The predicted molar refractivity (Wildman–Crippen MR) is 103 cm³/mol. The van der Waals surface area contributed by atoms with Crippen molar-refractivity contribution in [3.05, 3.63) is 72.3 Å². The van der Waals surface area contributed by atoms with E-state index in [9.17, 15) is 13.2 Å². The van der Waals surface area contributed by atoms with Crippen LogP contribution in [0.4, 0.5) is 10.5 Å².